The number of aliphatic hydroxyl groups is 1. The van der Waals surface area contributed by atoms with Gasteiger partial charge >= 0.3 is 0 Å². The number of rotatable bonds is 3. The molecule has 1 saturated carbocycles. The van der Waals surface area contributed by atoms with E-state index in [0.29, 0.717) is 5.95 Å². The molecule has 0 amide bonds. The predicted octanol–water partition coefficient (Wildman–Crippen LogP) is 1.65. The first-order chi connectivity index (χ1) is 8.66. The summed E-state index contributed by atoms with van der Waals surface area (Å²) < 4.78 is 0. The van der Waals surface area contributed by atoms with Crippen molar-refractivity contribution in [2.45, 2.75) is 44.2 Å². The number of aliphatic hydroxyl groups excluding tert-OH is 1. The second-order valence-electron chi connectivity index (χ2n) is 5.09. The van der Waals surface area contributed by atoms with Crippen LogP contribution in [-0.2, 0) is 0 Å². The summed E-state index contributed by atoms with van der Waals surface area (Å²) in [6.07, 6.45) is 6.85. The summed E-state index contributed by atoms with van der Waals surface area (Å²) >= 11 is 0. The highest BCUT2D eigenvalue weighted by molar-refractivity contribution is 5.41. The largest absolute Gasteiger partial charge is 0.391 e. The van der Waals surface area contributed by atoms with E-state index in [-0.39, 0.29) is 12.1 Å². The van der Waals surface area contributed by atoms with Gasteiger partial charge in [0.05, 0.1) is 12.1 Å². The summed E-state index contributed by atoms with van der Waals surface area (Å²) in [6.45, 7) is 0. The van der Waals surface area contributed by atoms with Gasteiger partial charge in [-0.2, -0.15) is 4.98 Å². The van der Waals surface area contributed by atoms with E-state index in [9.17, 15) is 5.11 Å². The molecule has 0 aromatic carbocycles. The maximum absolute atomic E-state index is 10.1. The molecule has 2 atom stereocenters. The van der Waals surface area contributed by atoms with Crippen LogP contribution in [0.1, 0.15) is 32.1 Å². The molecule has 5 nitrogen and oxygen atoms in total. The van der Waals surface area contributed by atoms with E-state index in [1.165, 1.54) is 12.8 Å². The monoisotopic (exact) mass is 250 g/mol. The average Bonchev–Trinajstić information content (AvgIpc) is 2.55. The summed E-state index contributed by atoms with van der Waals surface area (Å²) in [5.41, 5.74) is 0. The first-order valence-corrected chi connectivity index (χ1v) is 6.62. The van der Waals surface area contributed by atoms with Crippen LogP contribution in [0.2, 0.25) is 0 Å². The van der Waals surface area contributed by atoms with Gasteiger partial charge in [-0.15, -0.1) is 0 Å². The topological polar surface area (TPSA) is 61.3 Å². The van der Waals surface area contributed by atoms with Crippen LogP contribution in [0, 0.1) is 0 Å². The number of nitrogens with zero attached hydrogens (tertiary/aromatic N) is 3. The lowest BCUT2D eigenvalue weighted by Gasteiger charge is -2.22. The minimum absolute atomic E-state index is 0.109. The van der Waals surface area contributed by atoms with Crippen molar-refractivity contribution < 1.29 is 5.11 Å². The van der Waals surface area contributed by atoms with Crippen LogP contribution in [0.3, 0.4) is 0 Å². The van der Waals surface area contributed by atoms with Crippen molar-refractivity contribution >= 4 is 11.8 Å². The molecule has 0 aliphatic heterocycles. The first-order valence-electron chi connectivity index (χ1n) is 6.62. The molecule has 1 fully saturated rings. The van der Waals surface area contributed by atoms with Gasteiger partial charge in [0.2, 0.25) is 5.95 Å². The van der Waals surface area contributed by atoms with Gasteiger partial charge in [0.15, 0.2) is 0 Å². The Morgan fingerprint density at radius 3 is 2.83 bits per heavy atom. The number of anilines is 2. The van der Waals surface area contributed by atoms with Crippen LogP contribution < -0.4 is 10.2 Å². The predicted molar refractivity (Wildman–Crippen MR) is 72.9 cm³/mol. The molecule has 5 heteroatoms. The number of hydrogen-bond acceptors (Lipinski definition) is 5. The number of aromatic nitrogens is 2. The van der Waals surface area contributed by atoms with E-state index in [2.05, 4.69) is 15.3 Å². The molecular formula is C13H22N4O. The molecule has 1 aliphatic carbocycles. The molecular weight excluding hydrogens is 228 g/mol. The summed E-state index contributed by atoms with van der Waals surface area (Å²) in [7, 11) is 3.83. The lowest BCUT2D eigenvalue weighted by Crippen LogP contribution is -2.33. The van der Waals surface area contributed by atoms with Crippen LogP contribution in [0.15, 0.2) is 12.3 Å². The second kappa shape index (κ2) is 6.00. The van der Waals surface area contributed by atoms with E-state index in [1.54, 1.807) is 6.20 Å². The van der Waals surface area contributed by atoms with Crippen molar-refractivity contribution in [2.24, 2.45) is 0 Å². The Hall–Kier alpha value is -1.36. The van der Waals surface area contributed by atoms with Crippen molar-refractivity contribution in [3.8, 4) is 0 Å². The summed E-state index contributed by atoms with van der Waals surface area (Å²) in [4.78, 5) is 10.5. The SMILES string of the molecule is CN(C)c1nccc(NC2CCCCCC2O)n1. The Bertz CT molecular complexity index is 383. The molecule has 0 bridgehead atoms. The molecule has 100 valence electrons. The Morgan fingerprint density at radius 1 is 1.28 bits per heavy atom. The van der Waals surface area contributed by atoms with Crippen LogP contribution in [0.4, 0.5) is 11.8 Å². The minimum atomic E-state index is -0.273. The Labute approximate surface area is 108 Å². The van der Waals surface area contributed by atoms with E-state index in [4.69, 9.17) is 0 Å². The molecule has 18 heavy (non-hydrogen) atoms. The van der Waals surface area contributed by atoms with Gasteiger partial charge in [0, 0.05) is 20.3 Å². The molecule has 1 heterocycles. The van der Waals surface area contributed by atoms with Crippen molar-refractivity contribution in [1.82, 2.24) is 9.97 Å². The highest BCUT2D eigenvalue weighted by atomic mass is 16.3. The van der Waals surface area contributed by atoms with Gasteiger partial charge < -0.3 is 15.3 Å². The smallest absolute Gasteiger partial charge is 0.226 e. The second-order valence-corrected chi connectivity index (χ2v) is 5.09. The fourth-order valence-corrected chi connectivity index (χ4v) is 2.29. The molecule has 2 unspecified atom stereocenters. The highest BCUT2D eigenvalue weighted by Gasteiger charge is 2.21. The minimum Gasteiger partial charge on any atom is -0.391 e. The van der Waals surface area contributed by atoms with Crippen LogP contribution in [-0.4, -0.2) is 41.3 Å². The zero-order valence-corrected chi connectivity index (χ0v) is 11.1. The van der Waals surface area contributed by atoms with Crippen molar-refractivity contribution in [3.05, 3.63) is 12.3 Å². The molecule has 1 aliphatic rings. The first kappa shape index (κ1) is 13.1. The summed E-state index contributed by atoms with van der Waals surface area (Å²) in [5.74, 6) is 1.47. The van der Waals surface area contributed by atoms with Gasteiger partial charge in [-0.3, -0.25) is 0 Å². The molecule has 1 aromatic rings. The molecule has 0 radical (unpaired) electrons. The van der Waals surface area contributed by atoms with Gasteiger partial charge in [0.25, 0.3) is 0 Å². The van der Waals surface area contributed by atoms with E-state index >= 15 is 0 Å². The van der Waals surface area contributed by atoms with Gasteiger partial charge in [-0.05, 0) is 18.9 Å². The van der Waals surface area contributed by atoms with Crippen LogP contribution in [0.5, 0.6) is 0 Å². The molecule has 2 rings (SSSR count). The Morgan fingerprint density at radius 2 is 2.06 bits per heavy atom. The normalized spacial score (nSPS) is 24.4. The third-order valence-electron chi connectivity index (χ3n) is 3.36. The van der Waals surface area contributed by atoms with Crippen molar-refractivity contribution in [3.63, 3.8) is 0 Å². The van der Waals surface area contributed by atoms with E-state index < -0.39 is 0 Å². The average molecular weight is 250 g/mol. The fourth-order valence-electron chi connectivity index (χ4n) is 2.29. The molecule has 2 N–H and O–H groups in total. The van der Waals surface area contributed by atoms with Crippen molar-refractivity contribution in [2.75, 3.05) is 24.3 Å². The van der Waals surface area contributed by atoms with Gasteiger partial charge in [0.1, 0.15) is 5.82 Å². The molecule has 0 spiro atoms. The lowest BCUT2D eigenvalue weighted by atomic mass is 10.1. The van der Waals surface area contributed by atoms with E-state index in [1.807, 2.05) is 25.1 Å². The zero-order chi connectivity index (χ0) is 13.0. The molecule has 1 aromatic heterocycles. The third kappa shape index (κ3) is 3.32. The Balaban J connectivity index is 2.05. The maximum Gasteiger partial charge on any atom is 0.226 e. The van der Waals surface area contributed by atoms with Gasteiger partial charge in [-0.1, -0.05) is 19.3 Å². The quantitative estimate of drug-likeness (QED) is 0.799. The lowest BCUT2D eigenvalue weighted by molar-refractivity contribution is 0.144. The van der Waals surface area contributed by atoms with Crippen LogP contribution >= 0.6 is 0 Å². The fraction of sp³-hybridized carbons (Fsp3) is 0.692. The zero-order valence-electron chi connectivity index (χ0n) is 11.1. The van der Waals surface area contributed by atoms with Crippen LogP contribution in [0.25, 0.3) is 0 Å². The maximum atomic E-state index is 10.1. The van der Waals surface area contributed by atoms with E-state index in [0.717, 1.165) is 25.1 Å². The molecule has 0 saturated heterocycles. The summed E-state index contributed by atoms with van der Waals surface area (Å²) in [5, 5.41) is 13.4. The Kier molecular flexibility index (Phi) is 4.36. The third-order valence-corrected chi connectivity index (χ3v) is 3.36. The number of hydrogen-bond donors (Lipinski definition) is 2. The highest BCUT2D eigenvalue weighted by Crippen LogP contribution is 2.21. The summed E-state index contributed by atoms with van der Waals surface area (Å²) in [6, 6.07) is 1.96. The van der Waals surface area contributed by atoms with Crippen molar-refractivity contribution in [1.29, 1.82) is 0 Å². The number of nitrogens with one attached hydrogen (secondary N) is 1. The standard InChI is InChI=1S/C13H22N4O/c1-17(2)13-14-9-8-12(16-13)15-10-6-4-3-5-7-11(10)18/h8-11,18H,3-7H2,1-2H3,(H,14,15,16). The van der Waals surface area contributed by atoms with Gasteiger partial charge in [-0.25, -0.2) is 4.98 Å².